The fraction of sp³-hybridized carbons (Fsp3) is 0.500. The normalized spacial score (nSPS) is 24.2. The molecule has 1 aliphatic rings. The highest BCUT2D eigenvalue weighted by Crippen LogP contribution is 2.30. The van der Waals surface area contributed by atoms with Crippen LogP contribution in [0, 0.1) is 0 Å². The number of halogens is 3. The lowest BCUT2D eigenvalue weighted by Gasteiger charge is -2.12. The molecule has 2 rings (SSSR count). The van der Waals surface area contributed by atoms with E-state index >= 15 is 0 Å². The van der Waals surface area contributed by atoms with Gasteiger partial charge in [0.15, 0.2) is 6.29 Å². The maximum Gasteiger partial charge on any atom is 0.416 e. The lowest BCUT2D eigenvalue weighted by Crippen LogP contribution is -2.20. The SMILES string of the molecule is C[C@H]1OCC(COc2ccc(C(F)(F)F)cc2)O1. The van der Waals surface area contributed by atoms with Crippen molar-refractivity contribution in [2.24, 2.45) is 0 Å². The Kier molecular flexibility index (Phi) is 3.77. The summed E-state index contributed by atoms with van der Waals surface area (Å²) in [6, 6.07) is 4.57. The molecule has 0 aromatic heterocycles. The van der Waals surface area contributed by atoms with Crippen LogP contribution < -0.4 is 4.74 Å². The second-order valence-corrected chi connectivity index (χ2v) is 3.99. The van der Waals surface area contributed by atoms with Crippen molar-refractivity contribution in [1.82, 2.24) is 0 Å². The second kappa shape index (κ2) is 5.16. The third kappa shape index (κ3) is 3.36. The Hall–Kier alpha value is -1.27. The van der Waals surface area contributed by atoms with Gasteiger partial charge in [-0.05, 0) is 31.2 Å². The number of hydrogen-bond acceptors (Lipinski definition) is 3. The van der Waals surface area contributed by atoms with Gasteiger partial charge in [0.1, 0.15) is 18.5 Å². The summed E-state index contributed by atoms with van der Waals surface area (Å²) < 4.78 is 52.8. The third-order valence-electron chi connectivity index (χ3n) is 2.52. The molecule has 2 atom stereocenters. The van der Waals surface area contributed by atoms with Crippen molar-refractivity contribution in [3.05, 3.63) is 29.8 Å². The first-order valence-electron chi connectivity index (χ1n) is 5.52. The van der Waals surface area contributed by atoms with Crippen LogP contribution in [0.25, 0.3) is 0 Å². The van der Waals surface area contributed by atoms with Gasteiger partial charge in [0.2, 0.25) is 0 Å². The van der Waals surface area contributed by atoms with Crippen LogP contribution in [-0.4, -0.2) is 25.6 Å². The van der Waals surface area contributed by atoms with Crippen molar-refractivity contribution in [1.29, 1.82) is 0 Å². The Morgan fingerprint density at radius 3 is 2.44 bits per heavy atom. The maximum atomic E-state index is 12.3. The van der Waals surface area contributed by atoms with E-state index in [2.05, 4.69) is 0 Å². The minimum Gasteiger partial charge on any atom is -0.491 e. The molecule has 0 radical (unpaired) electrons. The molecule has 100 valence electrons. The minimum atomic E-state index is -4.32. The van der Waals surface area contributed by atoms with Crippen molar-refractivity contribution < 1.29 is 27.4 Å². The fourth-order valence-electron chi connectivity index (χ4n) is 1.61. The first-order valence-corrected chi connectivity index (χ1v) is 5.52. The topological polar surface area (TPSA) is 27.7 Å². The first-order chi connectivity index (χ1) is 8.45. The van der Waals surface area contributed by atoms with Crippen molar-refractivity contribution >= 4 is 0 Å². The van der Waals surface area contributed by atoms with Gasteiger partial charge in [-0.2, -0.15) is 13.2 Å². The average Bonchev–Trinajstić information content (AvgIpc) is 2.72. The van der Waals surface area contributed by atoms with Crippen molar-refractivity contribution in [2.45, 2.75) is 25.5 Å². The molecule has 0 aliphatic carbocycles. The van der Waals surface area contributed by atoms with E-state index in [-0.39, 0.29) is 19.0 Å². The summed E-state index contributed by atoms with van der Waals surface area (Å²) in [6.07, 6.45) is -4.76. The number of ether oxygens (including phenoxy) is 3. The molecule has 0 saturated carbocycles. The molecule has 1 aliphatic heterocycles. The van der Waals surface area contributed by atoms with Crippen LogP contribution in [0.2, 0.25) is 0 Å². The van der Waals surface area contributed by atoms with E-state index in [9.17, 15) is 13.2 Å². The quantitative estimate of drug-likeness (QED) is 0.838. The molecule has 6 heteroatoms. The van der Waals surface area contributed by atoms with E-state index in [4.69, 9.17) is 14.2 Å². The van der Waals surface area contributed by atoms with E-state index in [1.165, 1.54) is 12.1 Å². The predicted octanol–water partition coefficient (Wildman–Crippen LogP) is 2.85. The monoisotopic (exact) mass is 262 g/mol. The largest absolute Gasteiger partial charge is 0.491 e. The number of hydrogen-bond donors (Lipinski definition) is 0. The molecule has 1 saturated heterocycles. The van der Waals surface area contributed by atoms with Crippen LogP contribution in [0.1, 0.15) is 12.5 Å². The molecule has 18 heavy (non-hydrogen) atoms. The van der Waals surface area contributed by atoms with Gasteiger partial charge in [-0.1, -0.05) is 0 Å². The molecule has 0 amide bonds. The number of rotatable bonds is 3. The third-order valence-corrected chi connectivity index (χ3v) is 2.52. The summed E-state index contributed by atoms with van der Waals surface area (Å²) in [5.74, 6) is 0.381. The van der Waals surface area contributed by atoms with E-state index in [1.54, 1.807) is 6.92 Å². The lowest BCUT2D eigenvalue weighted by molar-refractivity contribution is -0.137. The lowest BCUT2D eigenvalue weighted by atomic mass is 10.2. The fourth-order valence-corrected chi connectivity index (χ4v) is 1.61. The standard InChI is InChI=1S/C12H13F3O3/c1-8-16-6-11(18-8)7-17-10-4-2-9(3-5-10)12(13,14)15/h2-5,8,11H,6-7H2,1H3/t8-,11?/m0/s1. The van der Waals surface area contributed by atoms with Crippen molar-refractivity contribution in [3.63, 3.8) is 0 Å². The van der Waals surface area contributed by atoms with Crippen molar-refractivity contribution in [3.8, 4) is 5.75 Å². The Balaban J connectivity index is 1.87. The van der Waals surface area contributed by atoms with E-state index in [0.29, 0.717) is 12.4 Å². The second-order valence-electron chi connectivity index (χ2n) is 3.99. The molecule has 1 heterocycles. The highest BCUT2D eigenvalue weighted by molar-refractivity contribution is 5.28. The molecule has 0 bridgehead atoms. The van der Waals surface area contributed by atoms with Crippen LogP contribution >= 0.6 is 0 Å². The average molecular weight is 262 g/mol. The van der Waals surface area contributed by atoms with Gasteiger partial charge >= 0.3 is 6.18 Å². The van der Waals surface area contributed by atoms with E-state index in [1.807, 2.05) is 0 Å². The summed E-state index contributed by atoms with van der Waals surface area (Å²) in [4.78, 5) is 0. The molecular formula is C12H13F3O3. The van der Waals surface area contributed by atoms with Crippen LogP contribution in [0.4, 0.5) is 13.2 Å². The zero-order chi connectivity index (χ0) is 13.2. The first kappa shape index (κ1) is 13.2. The highest BCUT2D eigenvalue weighted by atomic mass is 19.4. The summed E-state index contributed by atoms with van der Waals surface area (Å²) in [7, 11) is 0. The number of benzene rings is 1. The Morgan fingerprint density at radius 1 is 1.28 bits per heavy atom. The van der Waals surface area contributed by atoms with E-state index in [0.717, 1.165) is 12.1 Å². The predicted molar refractivity (Wildman–Crippen MR) is 57.2 cm³/mol. The molecule has 1 unspecified atom stereocenters. The van der Waals surface area contributed by atoms with Crippen LogP contribution in [0.15, 0.2) is 24.3 Å². The van der Waals surface area contributed by atoms with Gasteiger partial charge in [-0.3, -0.25) is 0 Å². The van der Waals surface area contributed by atoms with Crippen LogP contribution in [-0.2, 0) is 15.7 Å². The Morgan fingerprint density at radius 2 is 1.94 bits per heavy atom. The van der Waals surface area contributed by atoms with Gasteiger partial charge in [0.05, 0.1) is 12.2 Å². The van der Waals surface area contributed by atoms with Gasteiger partial charge in [-0.25, -0.2) is 0 Å². The molecule has 0 N–H and O–H groups in total. The van der Waals surface area contributed by atoms with Crippen molar-refractivity contribution in [2.75, 3.05) is 13.2 Å². The van der Waals surface area contributed by atoms with Gasteiger partial charge in [-0.15, -0.1) is 0 Å². The summed E-state index contributed by atoms with van der Waals surface area (Å²) in [5, 5.41) is 0. The molecule has 3 nitrogen and oxygen atoms in total. The maximum absolute atomic E-state index is 12.3. The molecule has 1 aromatic rings. The smallest absolute Gasteiger partial charge is 0.416 e. The Labute approximate surface area is 102 Å². The molecule has 1 fully saturated rings. The minimum absolute atomic E-state index is 0.178. The summed E-state index contributed by atoms with van der Waals surface area (Å²) >= 11 is 0. The zero-order valence-electron chi connectivity index (χ0n) is 9.74. The van der Waals surface area contributed by atoms with Gasteiger partial charge in [0, 0.05) is 0 Å². The summed E-state index contributed by atoms with van der Waals surface area (Å²) in [5.41, 5.74) is -0.691. The van der Waals surface area contributed by atoms with Gasteiger partial charge < -0.3 is 14.2 Å². The van der Waals surface area contributed by atoms with E-state index < -0.39 is 11.7 Å². The van der Waals surface area contributed by atoms with Gasteiger partial charge in [0.25, 0.3) is 0 Å². The summed E-state index contributed by atoms with van der Waals surface area (Å²) in [6.45, 7) is 2.47. The van der Waals surface area contributed by atoms with Crippen LogP contribution in [0.3, 0.4) is 0 Å². The highest BCUT2D eigenvalue weighted by Gasteiger charge is 2.30. The number of alkyl halides is 3. The molecular weight excluding hydrogens is 249 g/mol. The molecule has 1 aromatic carbocycles. The molecule has 0 spiro atoms. The Bertz CT molecular complexity index is 389. The zero-order valence-corrected chi connectivity index (χ0v) is 9.74. The van der Waals surface area contributed by atoms with Crippen LogP contribution in [0.5, 0.6) is 5.75 Å².